The molecule has 0 bridgehead atoms. The van der Waals surface area contributed by atoms with Crippen molar-refractivity contribution < 1.29 is 4.42 Å². The summed E-state index contributed by atoms with van der Waals surface area (Å²) in [7, 11) is 0. The Morgan fingerprint density at radius 3 is 3.04 bits per heavy atom. The third kappa shape index (κ3) is 3.28. The molecule has 0 amide bonds. The van der Waals surface area contributed by atoms with Crippen LogP contribution in [0.5, 0.6) is 0 Å². The number of nitrogens with zero attached hydrogens (tertiary/aromatic N) is 3. The van der Waals surface area contributed by atoms with E-state index in [0.29, 0.717) is 5.89 Å². The van der Waals surface area contributed by atoms with E-state index in [0.717, 1.165) is 31.0 Å². The van der Waals surface area contributed by atoms with Crippen molar-refractivity contribution in [3.05, 3.63) is 58.1 Å². The van der Waals surface area contributed by atoms with Crippen molar-refractivity contribution >= 4 is 11.3 Å². The predicted octanol–water partition coefficient (Wildman–Crippen LogP) is 4.83. The average molecular weight is 339 g/mol. The van der Waals surface area contributed by atoms with Gasteiger partial charge in [-0.05, 0) is 43.3 Å². The molecular formula is C19H21N3OS. The van der Waals surface area contributed by atoms with E-state index in [1.165, 1.54) is 24.0 Å². The molecule has 1 unspecified atom stereocenters. The second-order valence-electron chi connectivity index (χ2n) is 6.43. The quantitative estimate of drug-likeness (QED) is 0.682. The highest BCUT2D eigenvalue weighted by atomic mass is 32.1. The zero-order valence-electron chi connectivity index (χ0n) is 13.8. The summed E-state index contributed by atoms with van der Waals surface area (Å²) in [6.45, 7) is 4.15. The van der Waals surface area contributed by atoms with Crippen LogP contribution < -0.4 is 0 Å². The Balaban J connectivity index is 1.56. The standard InChI is InChI=1S/C19H21N3OS/c1-14-5-4-6-15(11-14)12-22-9-3-2-7-17(22)19-21-20-18(23-19)16-8-10-24-13-16/h4-6,8,10-11,13,17H,2-3,7,9,12H2,1H3. The molecule has 5 heteroatoms. The van der Waals surface area contributed by atoms with Crippen LogP contribution in [0.2, 0.25) is 0 Å². The van der Waals surface area contributed by atoms with Gasteiger partial charge in [-0.2, -0.15) is 11.3 Å². The minimum Gasteiger partial charge on any atom is -0.419 e. The fourth-order valence-electron chi connectivity index (χ4n) is 3.38. The number of hydrogen-bond donors (Lipinski definition) is 0. The number of rotatable bonds is 4. The van der Waals surface area contributed by atoms with Gasteiger partial charge in [-0.25, -0.2) is 0 Å². The van der Waals surface area contributed by atoms with E-state index in [1.54, 1.807) is 11.3 Å². The van der Waals surface area contributed by atoms with Crippen LogP contribution in [0.15, 0.2) is 45.5 Å². The molecule has 4 nitrogen and oxygen atoms in total. The zero-order chi connectivity index (χ0) is 16.4. The molecule has 1 saturated heterocycles. The molecule has 0 radical (unpaired) electrons. The first-order valence-electron chi connectivity index (χ1n) is 8.45. The molecule has 0 N–H and O–H groups in total. The Morgan fingerprint density at radius 2 is 2.21 bits per heavy atom. The van der Waals surface area contributed by atoms with Crippen LogP contribution in [0, 0.1) is 6.92 Å². The van der Waals surface area contributed by atoms with Crippen molar-refractivity contribution in [2.45, 2.75) is 38.8 Å². The largest absolute Gasteiger partial charge is 0.419 e. The van der Waals surface area contributed by atoms with Gasteiger partial charge in [0, 0.05) is 17.5 Å². The Kier molecular flexibility index (Phi) is 4.45. The summed E-state index contributed by atoms with van der Waals surface area (Å²) in [5, 5.41) is 12.7. The van der Waals surface area contributed by atoms with Crippen molar-refractivity contribution in [2.24, 2.45) is 0 Å². The summed E-state index contributed by atoms with van der Waals surface area (Å²) in [6.07, 6.45) is 3.52. The topological polar surface area (TPSA) is 42.2 Å². The maximum atomic E-state index is 6.00. The number of benzene rings is 1. The monoisotopic (exact) mass is 339 g/mol. The number of piperidine rings is 1. The highest BCUT2D eigenvalue weighted by Crippen LogP contribution is 2.33. The van der Waals surface area contributed by atoms with Gasteiger partial charge in [-0.15, -0.1) is 10.2 Å². The van der Waals surface area contributed by atoms with Crippen LogP contribution in [-0.4, -0.2) is 21.6 Å². The van der Waals surface area contributed by atoms with E-state index in [2.05, 4.69) is 46.3 Å². The maximum absolute atomic E-state index is 6.00. The van der Waals surface area contributed by atoms with Crippen LogP contribution in [0.4, 0.5) is 0 Å². The van der Waals surface area contributed by atoms with Gasteiger partial charge in [0.1, 0.15) is 0 Å². The molecule has 4 rings (SSSR count). The molecule has 1 aliphatic heterocycles. The Hall–Kier alpha value is -1.98. The smallest absolute Gasteiger partial charge is 0.248 e. The second-order valence-corrected chi connectivity index (χ2v) is 7.21. The Bertz CT molecular complexity index is 797. The molecule has 124 valence electrons. The molecule has 3 heterocycles. The van der Waals surface area contributed by atoms with Gasteiger partial charge >= 0.3 is 0 Å². The average Bonchev–Trinajstić information content (AvgIpc) is 3.27. The first kappa shape index (κ1) is 15.5. The fraction of sp³-hybridized carbons (Fsp3) is 0.368. The zero-order valence-corrected chi connectivity index (χ0v) is 14.6. The lowest BCUT2D eigenvalue weighted by Gasteiger charge is -2.33. The molecule has 3 aromatic rings. The number of aryl methyl sites for hydroxylation is 1. The fourth-order valence-corrected chi connectivity index (χ4v) is 4.01. The minimum absolute atomic E-state index is 0.221. The number of hydrogen-bond acceptors (Lipinski definition) is 5. The molecule has 1 fully saturated rings. The van der Waals surface area contributed by atoms with Crippen LogP contribution in [0.3, 0.4) is 0 Å². The second kappa shape index (κ2) is 6.87. The van der Waals surface area contributed by atoms with Crippen molar-refractivity contribution in [2.75, 3.05) is 6.54 Å². The number of aromatic nitrogens is 2. The highest BCUT2D eigenvalue weighted by molar-refractivity contribution is 7.08. The van der Waals surface area contributed by atoms with E-state index < -0.39 is 0 Å². The lowest BCUT2D eigenvalue weighted by Crippen LogP contribution is -2.33. The van der Waals surface area contributed by atoms with Crippen molar-refractivity contribution in [3.63, 3.8) is 0 Å². The van der Waals surface area contributed by atoms with Gasteiger partial charge in [-0.3, -0.25) is 4.90 Å². The summed E-state index contributed by atoms with van der Waals surface area (Å²) < 4.78 is 6.00. The van der Waals surface area contributed by atoms with Gasteiger partial charge in [0.2, 0.25) is 11.8 Å². The van der Waals surface area contributed by atoms with Gasteiger partial charge < -0.3 is 4.42 Å². The molecule has 0 aliphatic carbocycles. The third-order valence-electron chi connectivity index (χ3n) is 4.58. The first-order chi connectivity index (χ1) is 11.8. The number of likely N-dealkylation sites (tertiary alicyclic amines) is 1. The summed E-state index contributed by atoms with van der Waals surface area (Å²) in [5.74, 6) is 1.39. The summed E-state index contributed by atoms with van der Waals surface area (Å²) in [6, 6.07) is 11.0. The van der Waals surface area contributed by atoms with Gasteiger partial charge in [0.25, 0.3) is 0 Å². The van der Waals surface area contributed by atoms with Gasteiger partial charge in [-0.1, -0.05) is 36.2 Å². The molecule has 24 heavy (non-hydrogen) atoms. The Labute approximate surface area is 146 Å². The summed E-state index contributed by atoms with van der Waals surface area (Å²) >= 11 is 1.64. The van der Waals surface area contributed by atoms with Gasteiger partial charge in [0.05, 0.1) is 6.04 Å². The highest BCUT2D eigenvalue weighted by Gasteiger charge is 2.28. The normalized spacial score (nSPS) is 18.8. The van der Waals surface area contributed by atoms with Crippen LogP contribution in [-0.2, 0) is 6.54 Å². The van der Waals surface area contributed by atoms with E-state index in [-0.39, 0.29) is 6.04 Å². The van der Waals surface area contributed by atoms with Crippen LogP contribution in [0.1, 0.15) is 42.3 Å². The number of thiophene rings is 1. The molecule has 1 aromatic carbocycles. The van der Waals surface area contributed by atoms with E-state index >= 15 is 0 Å². The molecule has 0 saturated carbocycles. The SMILES string of the molecule is Cc1cccc(CN2CCCCC2c2nnc(-c3ccsc3)o2)c1. The molecular weight excluding hydrogens is 318 g/mol. The van der Waals surface area contributed by atoms with Gasteiger partial charge in [0.15, 0.2) is 0 Å². The van der Waals surface area contributed by atoms with E-state index in [4.69, 9.17) is 4.42 Å². The maximum Gasteiger partial charge on any atom is 0.248 e. The predicted molar refractivity (Wildman–Crippen MR) is 95.8 cm³/mol. The Morgan fingerprint density at radius 1 is 1.25 bits per heavy atom. The molecule has 1 aliphatic rings. The third-order valence-corrected chi connectivity index (χ3v) is 5.26. The first-order valence-corrected chi connectivity index (χ1v) is 9.39. The lowest BCUT2D eigenvalue weighted by molar-refractivity contribution is 0.118. The van der Waals surface area contributed by atoms with E-state index in [9.17, 15) is 0 Å². The van der Waals surface area contributed by atoms with E-state index in [1.807, 2.05) is 16.8 Å². The molecule has 1 atom stereocenters. The lowest BCUT2D eigenvalue weighted by atomic mass is 10.0. The summed E-state index contributed by atoms with van der Waals surface area (Å²) in [4.78, 5) is 2.48. The molecule has 2 aromatic heterocycles. The molecule has 0 spiro atoms. The van der Waals surface area contributed by atoms with Crippen LogP contribution in [0.25, 0.3) is 11.5 Å². The van der Waals surface area contributed by atoms with Crippen molar-refractivity contribution in [3.8, 4) is 11.5 Å². The van der Waals surface area contributed by atoms with Crippen molar-refractivity contribution in [1.29, 1.82) is 0 Å². The van der Waals surface area contributed by atoms with Crippen LogP contribution >= 0.6 is 11.3 Å². The van der Waals surface area contributed by atoms with Crippen molar-refractivity contribution in [1.82, 2.24) is 15.1 Å². The summed E-state index contributed by atoms with van der Waals surface area (Å²) in [5.41, 5.74) is 3.66. The minimum atomic E-state index is 0.221.